The van der Waals surface area contributed by atoms with E-state index >= 15 is 0 Å². The second-order valence-electron chi connectivity index (χ2n) is 2.32. The first kappa shape index (κ1) is 6.44. The molecule has 0 amide bonds. The average Bonchev–Trinajstić information content (AvgIpc) is 2.39. The van der Waals surface area contributed by atoms with Crippen LogP contribution in [0.15, 0.2) is 36.4 Å². The van der Waals surface area contributed by atoms with E-state index in [9.17, 15) is 9.90 Å². The highest BCUT2D eigenvalue weighted by Gasteiger charge is 2.22. The van der Waals surface area contributed by atoms with Crippen LogP contribution < -0.4 is 9.67 Å². The minimum absolute atomic E-state index is 0.411. The Kier molecular flexibility index (Phi) is 2.15. The number of aromatic nitrogens is 1. The Balaban J connectivity index is 3.71. The molecule has 0 aliphatic carbocycles. The molecule has 0 N–H and O–H groups in total. The maximum atomic E-state index is 11.6. The molecule has 5 heteroatoms. The molecule has 0 fully saturated rings. The Morgan fingerprint density at radius 2 is 1.93 bits per heavy atom. The minimum Gasteiger partial charge on any atom is -0.612 e. The van der Waals surface area contributed by atoms with Crippen molar-refractivity contribution in [1.82, 2.24) is 0 Å². The highest BCUT2D eigenvalue weighted by Crippen LogP contribution is 2.01. The molecular formula is C10H11NO4. The second-order valence-corrected chi connectivity index (χ2v) is 2.32. The number of methoxy groups -OCH3 is 2. The van der Waals surface area contributed by atoms with Crippen molar-refractivity contribution < 1.29 is 29.4 Å². The first-order valence-corrected chi connectivity index (χ1v) is 3.88. The standard InChI is InChI=1S/C10H11NO4/c1-14-9(12)8(10(13)15-2)11-6-4-3-5-7-11/h3-7H,1-2H3/i4D,5D,6D,7D. The lowest BCUT2D eigenvalue weighted by Crippen LogP contribution is -2.39. The van der Waals surface area contributed by atoms with Gasteiger partial charge < -0.3 is 14.6 Å². The number of hydrogen-bond acceptors (Lipinski definition) is 4. The Bertz CT molecular complexity index is 533. The molecule has 0 radical (unpaired) electrons. The summed E-state index contributed by atoms with van der Waals surface area (Å²) in [7, 11) is 2.04. The molecule has 1 aromatic rings. The Morgan fingerprint density at radius 1 is 1.33 bits per heavy atom. The fraction of sp³-hybridized carbons (Fsp3) is 0.200. The molecule has 0 unspecified atom stereocenters. The Morgan fingerprint density at radius 3 is 2.40 bits per heavy atom. The van der Waals surface area contributed by atoms with Gasteiger partial charge in [0, 0.05) is 12.1 Å². The first-order chi connectivity index (χ1) is 8.84. The SMILES string of the molecule is [2H]c1cc([2H])c([2H])[n+](/C(C(=O)OC)=C(\[O-])OC)c1[2H]. The quantitative estimate of drug-likeness (QED) is 0.288. The predicted octanol–water partition coefficient (Wildman–Crippen LogP) is -0.720. The molecule has 5 nitrogen and oxygen atoms in total. The number of hydrogen-bond donors (Lipinski definition) is 0. The molecule has 0 atom stereocenters. The van der Waals surface area contributed by atoms with Gasteiger partial charge in [-0.3, -0.25) is 0 Å². The van der Waals surface area contributed by atoms with Gasteiger partial charge in [-0.05, 0) is 7.11 Å². The summed E-state index contributed by atoms with van der Waals surface area (Å²) >= 11 is 0. The van der Waals surface area contributed by atoms with E-state index in [2.05, 4.69) is 9.47 Å². The number of ether oxygens (including phenoxy) is 2. The van der Waals surface area contributed by atoms with Gasteiger partial charge in [-0.1, -0.05) is 6.07 Å². The third-order valence-corrected chi connectivity index (χ3v) is 1.48. The molecule has 1 rings (SSSR count). The molecular weight excluding hydrogens is 198 g/mol. The van der Waals surface area contributed by atoms with Crippen molar-refractivity contribution in [3.8, 4) is 0 Å². The summed E-state index contributed by atoms with van der Waals surface area (Å²) in [6, 6.07) is 0.144. The van der Waals surface area contributed by atoms with Crippen LogP contribution in [0.4, 0.5) is 0 Å². The van der Waals surface area contributed by atoms with Crippen molar-refractivity contribution in [2.24, 2.45) is 0 Å². The number of pyridine rings is 1. The lowest BCUT2D eigenvalue weighted by atomic mass is 10.4. The molecule has 1 aromatic heterocycles. The smallest absolute Gasteiger partial charge is 0.405 e. The van der Waals surface area contributed by atoms with E-state index in [1.165, 1.54) is 0 Å². The first-order valence-electron chi connectivity index (χ1n) is 5.88. The summed E-state index contributed by atoms with van der Waals surface area (Å²) in [5, 5.41) is 11.6. The van der Waals surface area contributed by atoms with Crippen LogP contribution in [0.3, 0.4) is 0 Å². The molecule has 0 spiro atoms. The number of carbonyl (C=O) groups is 1. The van der Waals surface area contributed by atoms with Gasteiger partial charge in [0.2, 0.25) is 0 Å². The lowest BCUT2D eigenvalue weighted by molar-refractivity contribution is -0.586. The third-order valence-electron chi connectivity index (χ3n) is 1.48. The van der Waals surface area contributed by atoms with Crippen LogP contribution in [-0.4, -0.2) is 20.2 Å². The summed E-state index contributed by atoms with van der Waals surface area (Å²) in [6.45, 7) is 0. The topological polar surface area (TPSA) is 62.5 Å². The maximum Gasteiger partial charge on any atom is 0.405 e. The third kappa shape index (κ3) is 2.46. The fourth-order valence-electron chi connectivity index (χ4n) is 0.829. The molecule has 0 saturated heterocycles. The van der Waals surface area contributed by atoms with Crippen LogP contribution in [0.5, 0.6) is 0 Å². The molecule has 0 bridgehead atoms. The van der Waals surface area contributed by atoms with E-state index in [0.717, 1.165) is 20.3 Å². The van der Waals surface area contributed by atoms with Crippen molar-refractivity contribution in [2.45, 2.75) is 0 Å². The van der Waals surface area contributed by atoms with Crippen LogP contribution in [0.1, 0.15) is 5.48 Å². The van der Waals surface area contributed by atoms with Crippen LogP contribution in [0.25, 0.3) is 5.70 Å². The molecule has 15 heavy (non-hydrogen) atoms. The van der Waals surface area contributed by atoms with Gasteiger partial charge in [0.1, 0.15) is 8.69 Å². The van der Waals surface area contributed by atoms with Gasteiger partial charge >= 0.3 is 11.7 Å². The van der Waals surface area contributed by atoms with Crippen molar-refractivity contribution in [2.75, 3.05) is 14.2 Å². The highest BCUT2D eigenvalue weighted by atomic mass is 16.6. The van der Waals surface area contributed by atoms with Gasteiger partial charge in [-0.25, -0.2) is 4.79 Å². The fourth-order valence-corrected chi connectivity index (χ4v) is 0.829. The van der Waals surface area contributed by atoms with Gasteiger partial charge in [0.05, 0.1) is 9.85 Å². The van der Waals surface area contributed by atoms with Crippen molar-refractivity contribution >= 4 is 11.7 Å². The number of nitrogens with zero attached hydrogens (tertiary/aromatic N) is 1. The Hall–Kier alpha value is -2.04. The van der Waals surface area contributed by atoms with E-state index < -0.39 is 42.0 Å². The van der Waals surface area contributed by atoms with E-state index in [1.807, 2.05) is 0 Å². The van der Waals surface area contributed by atoms with E-state index in [4.69, 9.17) is 5.48 Å². The normalized spacial score (nSPS) is 15.3. The van der Waals surface area contributed by atoms with Crippen LogP contribution in [0.2, 0.25) is 0 Å². The molecule has 0 saturated carbocycles. The van der Waals surface area contributed by atoms with Crippen LogP contribution in [-0.2, 0) is 14.3 Å². The van der Waals surface area contributed by atoms with E-state index in [0.29, 0.717) is 4.57 Å². The predicted molar refractivity (Wildman–Crippen MR) is 48.9 cm³/mol. The average molecular weight is 213 g/mol. The Labute approximate surface area is 92.8 Å². The van der Waals surface area contributed by atoms with Crippen LogP contribution >= 0.6 is 0 Å². The van der Waals surface area contributed by atoms with Crippen LogP contribution in [0, 0.1) is 0 Å². The van der Waals surface area contributed by atoms with Crippen molar-refractivity contribution in [3.63, 3.8) is 0 Å². The monoisotopic (exact) mass is 213 g/mol. The summed E-state index contributed by atoms with van der Waals surface area (Å²) in [6.07, 6.45) is -1.18. The molecule has 0 aliphatic rings. The summed E-state index contributed by atoms with van der Waals surface area (Å²) in [5.74, 6) is -2.24. The zero-order valence-corrected chi connectivity index (χ0v) is 8.16. The number of rotatable bonds is 3. The molecule has 0 aromatic carbocycles. The number of esters is 1. The zero-order chi connectivity index (χ0) is 14.7. The van der Waals surface area contributed by atoms with E-state index in [-0.39, 0.29) is 0 Å². The van der Waals surface area contributed by atoms with Crippen molar-refractivity contribution in [1.29, 1.82) is 0 Å². The minimum atomic E-state index is -1.12. The largest absolute Gasteiger partial charge is 0.612 e. The number of carbonyl (C=O) groups excluding carboxylic acids is 1. The zero-order valence-electron chi connectivity index (χ0n) is 12.2. The van der Waals surface area contributed by atoms with Crippen molar-refractivity contribution in [3.05, 3.63) is 36.4 Å². The van der Waals surface area contributed by atoms with Gasteiger partial charge in [0.15, 0.2) is 12.3 Å². The summed E-state index contributed by atoms with van der Waals surface area (Å²) < 4.78 is 39.5. The lowest BCUT2D eigenvalue weighted by Gasteiger charge is -2.09. The summed E-state index contributed by atoms with van der Waals surface area (Å²) in [5.41, 5.74) is -0.748. The molecule has 80 valence electrons. The molecule has 0 aliphatic heterocycles. The van der Waals surface area contributed by atoms with Gasteiger partial charge in [-0.2, -0.15) is 4.57 Å². The second kappa shape index (κ2) is 4.99. The maximum absolute atomic E-state index is 11.6. The van der Waals surface area contributed by atoms with Gasteiger partial charge in [0.25, 0.3) is 0 Å². The van der Waals surface area contributed by atoms with E-state index in [1.54, 1.807) is 0 Å². The highest BCUT2D eigenvalue weighted by molar-refractivity contribution is 6.05. The van der Waals surface area contributed by atoms with Gasteiger partial charge in [-0.15, -0.1) is 0 Å². The summed E-state index contributed by atoms with van der Waals surface area (Å²) in [4.78, 5) is 11.6. The molecule has 1 heterocycles.